The van der Waals surface area contributed by atoms with Crippen LogP contribution < -0.4 is 0 Å². The fraction of sp³-hybridized carbons (Fsp3) is 0.333. The van der Waals surface area contributed by atoms with E-state index >= 15 is 0 Å². The molecule has 0 saturated carbocycles. The lowest BCUT2D eigenvalue weighted by atomic mass is 10.5. The van der Waals surface area contributed by atoms with Crippen molar-refractivity contribution in [2.75, 3.05) is 14.2 Å². The quantitative estimate of drug-likeness (QED) is 0.369. The standard InChI is InChI=1S/C6H8O4S/c1-9-5(7)3-4(11)6(8)10-2/h3,11H,1-2H3/b4-3+. The molecule has 0 aliphatic rings. The summed E-state index contributed by atoms with van der Waals surface area (Å²) in [5, 5.41) is 0. The van der Waals surface area contributed by atoms with Crippen LogP contribution in [-0.2, 0) is 19.1 Å². The van der Waals surface area contributed by atoms with Gasteiger partial charge in [-0.15, -0.1) is 12.6 Å². The van der Waals surface area contributed by atoms with Crippen molar-refractivity contribution in [3.05, 3.63) is 11.0 Å². The third-order valence-electron chi connectivity index (χ3n) is 0.850. The summed E-state index contributed by atoms with van der Waals surface area (Å²) in [7, 11) is 2.40. The van der Waals surface area contributed by atoms with E-state index in [0.717, 1.165) is 6.08 Å². The van der Waals surface area contributed by atoms with Crippen LogP contribution in [0.1, 0.15) is 0 Å². The molecule has 0 amide bonds. The van der Waals surface area contributed by atoms with Crippen LogP contribution in [0, 0.1) is 0 Å². The number of ether oxygens (including phenoxy) is 2. The van der Waals surface area contributed by atoms with E-state index in [1.165, 1.54) is 14.2 Å². The summed E-state index contributed by atoms with van der Waals surface area (Å²) in [6.07, 6.45) is 0.939. The number of thiol groups is 1. The van der Waals surface area contributed by atoms with E-state index in [-0.39, 0.29) is 4.91 Å². The van der Waals surface area contributed by atoms with Crippen LogP contribution in [0.5, 0.6) is 0 Å². The van der Waals surface area contributed by atoms with E-state index < -0.39 is 11.9 Å². The fourth-order valence-electron chi connectivity index (χ4n) is 0.334. The highest BCUT2D eigenvalue weighted by molar-refractivity contribution is 7.85. The molecule has 0 spiro atoms. The van der Waals surface area contributed by atoms with Crippen molar-refractivity contribution >= 4 is 24.6 Å². The Morgan fingerprint density at radius 2 is 1.82 bits per heavy atom. The van der Waals surface area contributed by atoms with Gasteiger partial charge in [0.05, 0.1) is 19.1 Å². The van der Waals surface area contributed by atoms with Crippen molar-refractivity contribution in [2.24, 2.45) is 0 Å². The van der Waals surface area contributed by atoms with Crippen molar-refractivity contribution in [3.8, 4) is 0 Å². The minimum absolute atomic E-state index is 0.0839. The first-order valence-corrected chi connectivity index (χ1v) is 3.13. The summed E-state index contributed by atoms with van der Waals surface area (Å²) in [5.41, 5.74) is 0. The third kappa shape index (κ3) is 3.67. The van der Waals surface area contributed by atoms with Crippen molar-refractivity contribution < 1.29 is 19.1 Å². The first kappa shape index (κ1) is 10.0. The number of carbonyl (C=O) groups is 2. The van der Waals surface area contributed by atoms with E-state index in [9.17, 15) is 9.59 Å². The van der Waals surface area contributed by atoms with Crippen LogP contribution in [0.2, 0.25) is 0 Å². The SMILES string of the molecule is COC(=O)/C=C(/S)C(=O)OC. The minimum atomic E-state index is -0.668. The molecule has 0 aliphatic heterocycles. The summed E-state index contributed by atoms with van der Waals surface area (Å²) < 4.78 is 8.51. The number of hydrogen-bond acceptors (Lipinski definition) is 5. The molecule has 0 aromatic carbocycles. The van der Waals surface area contributed by atoms with Crippen molar-refractivity contribution in [1.82, 2.24) is 0 Å². The van der Waals surface area contributed by atoms with E-state index in [1.54, 1.807) is 0 Å². The highest BCUT2D eigenvalue weighted by Crippen LogP contribution is 2.02. The van der Waals surface area contributed by atoms with Crippen LogP contribution in [0.25, 0.3) is 0 Å². The molecule has 0 fully saturated rings. The van der Waals surface area contributed by atoms with Gasteiger partial charge in [-0.1, -0.05) is 0 Å². The molecule has 4 nitrogen and oxygen atoms in total. The molecule has 0 aromatic rings. The van der Waals surface area contributed by atoms with E-state index in [2.05, 4.69) is 22.1 Å². The predicted octanol–water partition coefficient (Wildman–Crippen LogP) is 0.146. The largest absolute Gasteiger partial charge is 0.466 e. The number of hydrogen-bond donors (Lipinski definition) is 1. The Morgan fingerprint density at radius 1 is 1.27 bits per heavy atom. The summed E-state index contributed by atoms with van der Waals surface area (Å²) in [5.74, 6) is -1.31. The molecule has 0 heterocycles. The van der Waals surface area contributed by atoms with E-state index in [0.29, 0.717) is 0 Å². The van der Waals surface area contributed by atoms with E-state index in [1.807, 2.05) is 0 Å². The van der Waals surface area contributed by atoms with Crippen molar-refractivity contribution in [2.45, 2.75) is 0 Å². The Bertz CT molecular complexity index is 197. The lowest BCUT2D eigenvalue weighted by molar-refractivity contribution is -0.137. The zero-order valence-electron chi connectivity index (χ0n) is 6.16. The second-order valence-electron chi connectivity index (χ2n) is 1.54. The van der Waals surface area contributed by atoms with Gasteiger partial charge in [0.25, 0.3) is 0 Å². The Kier molecular flexibility index (Phi) is 4.36. The Hall–Kier alpha value is -0.970. The zero-order valence-corrected chi connectivity index (χ0v) is 7.05. The molecule has 0 radical (unpaired) electrons. The molecule has 11 heavy (non-hydrogen) atoms. The average Bonchev–Trinajstić information content (AvgIpc) is 2.02. The lowest BCUT2D eigenvalue weighted by Crippen LogP contribution is -2.03. The lowest BCUT2D eigenvalue weighted by Gasteiger charge is -1.95. The van der Waals surface area contributed by atoms with E-state index in [4.69, 9.17) is 0 Å². The minimum Gasteiger partial charge on any atom is -0.466 e. The Labute approximate surface area is 69.6 Å². The van der Waals surface area contributed by atoms with Gasteiger partial charge in [-0.3, -0.25) is 0 Å². The molecule has 0 bridgehead atoms. The highest BCUT2D eigenvalue weighted by Gasteiger charge is 2.06. The molecule has 0 unspecified atom stereocenters. The van der Waals surface area contributed by atoms with Gasteiger partial charge < -0.3 is 9.47 Å². The van der Waals surface area contributed by atoms with Crippen molar-refractivity contribution in [1.29, 1.82) is 0 Å². The fourth-order valence-corrected chi connectivity index (χ4v) is 0.531. The van der Waals surface area contributed by atoms with Gasteiger partial charge in [0.2, 0.25) is 0 Å². The van der Waals surface area contributed by atoms with Crippen molar-refractivity contribution in [3.63, 3.8) is 0 Å². The first-order valence-electron chi connectivity index (χ1n) is 2.68. The maximum atomic E-state index is 10.6. The smallest absolute Gasteiger partial charge is 0.344 e. The van der Waals surface area contributed by atoms with Crippen LogP contribution in [0.3, 0.4) is 0 Å². The van der Waals surface area contributed by atoms with Crippen LogP contribution >= 0.6 is 12.6 Å². The van der Waals surface area contributed by atoms with Gasteiger partial charge in [-0.25, -0.2) is 9.59 Å². The Balaban J connectivity index is 4.21. The molecule has 0 aliphatic carbocycles. The highest BCUT2D eigenvalue weighted by atomic mass is 32.1. The second-order valence-corrected chi connectivity index (χ2v) is 2.03. The number of rotatable bonds is 2. The summed E-state index contributed by atoms with van der Waals surface area (Å²) >= 11 is 3.68. The maximum absolute atomic E-state index is 10.6. The monoisotopic (exact) mass is 176 g/mol. The molecule has 0 rings (SSSR count). The molecule has 0 atom stereocenters. The molecule has 0 saturated heterocycles. The van der Waals surface area contributed by atoms with Crippen LogP contribution in [0.15, 0.2) is 11.0 Å². The molecule has 5 heteroatoms. The maximum Gasteiger partial charge on any atom is 0.344 e. The molecular weight excluding hydrogens is 168 g/mol. The summed E-state index contributed by atoms with van der Waals surface area (Å²) in [4.78, 5) is 21.0. The normalized spacial score (nSPS) is 10.6. The number of methoxy groups -OCH3 is 2. The second kappa shape index (κ2) is 4.79. The van der Waals surface area contributed by atoms with Gasteiger partial charge >= 0.3 is 11.9 Å². The third-order valence-corrected chi connectivity index (χ3v) is 1.16. The van der Waals surface area contributed by atoms with Gasteiger partial charge in [0, 0.05) is 6.08 Å². The van der Waals surface area contributed by atoms with Gasteiger partial charge in [-0.2, -0.15) is 0 Å². The van der Waals surface area contributed by atoms with Gasteiger partial charge in [0.1, 0.15) is 0 Å². The average molecular weight is 176 g/mol. The zero-order chi connectivity index (χ0) is 8.85. The summed E-state index contributed by atoms with van der Waals surface area (Å²) in [6.45, 7) is 0. The summed E-state index contributed by atoms with van der Waals surface area (Å²) in [6, 6.07) is 0. The molecule has 0 N–H and O–H groups in total. The number of esters is 2. The number of carbonyl (C=O) groups excluding carboxylic acids is 2. The van der Waals surface area contributed by atoms with Gasteiger partial charge in [0.15, 0.2) is 0 Å². The predicted molar refractivity (Wildman–Crippen MR) is 41.1 cm³/mol. The molecule has 62 valence electrons. The van der Waals surface area contributed by atoms with Crippen LogP contribution in [0.4, 0.5) is 0 Å². The molecule has 0 aromatic heterocycles. The first-order chi connectivity index (χ1) is 5.11. The molecular formula is C6H8O4S. The Morgan fingerprint density at radius 3 is 2.18 bits per heavy atom. The topological polar surface area (TPSA) is 52.6 Å². The van der Waals surface area contributed by atoms with Crippen LogP contribution in [-0.4, -0.2) is 26.2 Å². The van der Waals surface area contributed by atoms with Gasteiger partial charge in [-0.05, 0) is 0 Å².